The first kappa shape index (κ1) is 9.09. The van der Waals surface area contributed by atoms with Crippen molar-refractivity contribution in [3.63, 3.8) is 0 Å². The lowest BCUT2D eigenvalue weighted by molar-refractivity contribution is 0.696. The highest BCUT2D eigenvalue weighted by atomic mass is 15.3. The van der Waals surface area contributed by atoms with E-state index in [1.807, 2.05) is 47.3 Å². The Bertz CT molecular complexity index is 599. The van der Waals surface area contributed by atoms with Crippen LogP contribution in [0, 0.1) is 6.07 Å². The summed E-state index contributed by atoms with van der Waals surface area (Å²) in [6.45, 7) is 0.703. The number of nitrogens with zero attached hydrogens (tertiary/aromatic N) is 3. The molecule has 0 amide bonds. The summed E-state index contributed by atoms with van der Waals surface area (Å²) in [4.78, 5) is 4.29. The molecule has 3 heteroatoms. The predicted molar refractivity (Wildman–Crippen MR) is 61.9 cm³/mol. The molecule has 0 fully saturated rings. The van der Waals surface area contributed by atoms with E-state index >= 15 is 0 Å². The van der Waals surface area contributed by atoms with Gasteiger partial charge >= 0.3 is 0 Å². The van der Waals surface area contributed by atoms with Gasteiger partial charge in [-0.2, -0.15) is 5.10 Å². The Morgan fingerprint density at radius 1 is 1.25 bits per heavy atom. The van der Waals surface area contributed by atoms with Crippen LogP contribution in [0.15, 0.2) is 48.8 Å². The van der Waals surface area contributed by atoms with Gasteiger partial charge in [0.25, 0.3) is 0 Å². The summed E-state index contributed by atoms with van der Waals surface area (Å²) in [5, 5.41) is 5.46. The van der Waals surface area contributed by atoms with Crippen LogP contribution in [0.5, 0.6) is 0 Å². The highest BCUT2D eigenvalue weighted by Crippen LogP contribution is 2.13. The summed E-state index contributed by atoms with van der Waals surface area (Å²) >= 11 is 0. The lowest BCUT2D eigenvalue weighted by atomic mass is 10.2. The van der Waals surface area contributed by atoms with Crippen LogP contribution in [0.1, 0.15) is 5.69 Å². The summed E-state index contributed by atoms with van der Waals surface area (Å²) in [7, 11) is 0. The van der Waals surface area contributed by atoms with Crippen LogP contribution in [0.4, 0.5) is 0 Å². The minimum atomic E-state index is 0.703. The molecule has 0 atom stereocenters. The lowest BCUT2D eigenvalue weighted by Crippen LogP contribution is -2.02. The molecule has 2 heterocycles. The summed E-state index contributed by atoms with van der Waals surface area (Å²) in [6.07, 6.45) is 3.66. The number of aromatic nitrogens is 3. The molecule has 1 aromatic carbocycles. The maximum atomic E-state index is 4.35. The second-order valence-corrected chi connectivity index (χ2v) is 3.61. The number of fused-ring (bicyclic) bond motifs is 1. The number of hydrogen-bond donors (Lipinski definition) is 0. The van der Waals surface area contributed by atoms with Crippen molar-refractivity contribution in [1.82, 2.24) is 14.8 Å². The van der Waals surface area contributed by atoms with E-state index in [0.717, 1.165) is 16.6 Å². The smallest absolute Gasteiger partial charge is 0.0838 e. The van der Waals surface area contributed by atoms with E-state index in [4.69, 9.17) is 0 Å². The average Bonchev–Trinajstić information content (AvgIpc) is 2.74. The van der Waals surface area contributed by atoms with Crippen molar-refractivity contribution in [2.45, 2.75) is 6.54 Å². The van der Waals surface area contributed by atoms with E-state index in [1.165, 1.54) is 0 Å². The summed E-state index contributed by atoms with van der Waals surface area (Å²) in [6, 6.07) is 14.8. The van der Waals surface area contributed by atoms with E-state index in [0.29, 0.717) is 6.54 Å². The molecule has 0 spiro atoms. The fraction of sp³-hybridized carbons (Fsp3) is 0.0769. The molecule has 16 heavy (non-hydrogen) atoms. The van der Waals surface area contributed by atoms with Gasteiger partial charge in [-0.1, -0.05) is 12.1 Å². The molecule has 3 aromatic rings. The highest BCUT2D eigenvalue weighted by Gasteiger charge is 2.02. The van der Waals surface area contributed by atoms with Crippen molar-refractivity contribution < 1.29 is 0 Å². The zero-order valence-electron chi connectivity index (χ0n) is 8.67. The van der Waals surface area contributed by atoms with Crippen LogP contribution in [-0.4, -0.2) is 14.8 Å². The number of benzene rings is 1. The zero-order valence-corrected chi connectivity index (χ0v) is 8.67. The molecule has 0 bridgehead atoms. The van der Waals surface area contributed by atoms with Crippen molar-refractivity contribution in [1.29, 1.82) is 0 Å². The Kier molecular flexibility index (Phi) is 2.14. The first-order valence-corrected chi connectivity index (χ1v) is 5.15. The van der Waals surface area contributed by atoms with Crippen LogP contribution < -0.4 is 0 Å². The molecule has 0 aliphatic heterocycles. The van der Waals surface area contributed by atoms with Crippen LogP contribution in [-0.2, 0) is 6.54 Å². The topological polar surface area (TPSA) is 30.7 Å². The summed E-state index contributed by atoms with van der Waals surface area (Å²) in [5.74, 6) is 0. The molecule has 0 aliphatic carbocycles. The van der Waals surface area contributed by atoms with E-state index in [-0.39, 0.29) is 0 Å². The largest absolute Gasteiger partial charge is 0.259 e. The molecule has 0 saturated carbocycles. The van der Waals surface area contributed by atoms with Crippen molar-refractivity contribution in [2.24, 2.45) is 0 Å². The molecule has 0 saturated heterocycles. The fourth-order valence-corrected chi connectivity index (χ4v) is 1.74. The van der Waals surface area contributed by atoms with Crippen molar-refractivity contribution in [3.8, 4) is 0 Å². The van der Waals surface area contributed by atoms with Gasteiger partial charge in [0.05, 0.1) is 24.0 Å². The SMILES string of the molecule is [c]1ccc2c(c1)cnn2Cc1ccccn1. The second-order valence-electron chi connectivity index (χ2n) is 3.61. The van der Waals surface area contributed by atoms with Gasteiger partial charge < -0.3 is 0 Å². The maximum absolute atomic E-state index is 4.35. The Labute approximate surface area is 93.4 Å². The normalized spacial score (nSPS) is 10.8. The Morgan fingerprint density at radius 2 is 2.25 bits per heavy atom. The minimum Gasteiger partial charge on any atom is -0.259 e. The van der Waals surface area contributed by atoms with E-state index in [9.17, 15) is 0 Å². The third kappa shape index (κ3) is 1.56. The highest BCUT2D eigenvalue weighted by molar-refractivity contribution is 5.78. The minimum absolute atomic E-state index is 0.703. The molecular weight excluding hydrogens is 198 g/mol. The van der Waals surface area contributed by atoms with Crippen LogP contribution >= 0.6 is 0 Å². The van der Waals surface area contributed by atoms with Gasteiger partial charge in [-0.3, -0.25) is 9.67 Å². The summed E-state index contributed by atoms with van der Waals surface area (Å²) < 4.78 is 1.95. The van der Waals surface area contributed by atoms with Crippen LogP contribution in [0.2, 0.25) is 0 Å². The molecule has 3 rings (SSSR count). The number of rotatable bonds is 2. The van der Waals surface area contributed by atoms with Gasteiger partial charge in [0.1, 0.15) is 0 Å². The van der Waals surface area contributed by atoms with Gasteiger partial charge in [0, 0.05) is 11.6 Å². The van der Waals surface area contributed by atoms with Gasteiger partial charge in [-0.25, -0.2) is 0 Å². The van der Waals surface area contributed by atoms with Crippen LogP contribution in [0.3, 0.4) is 0 Å². The van der Waals surface area contributed by atoms with Gasteiger partial charge in [0.2, 0.25) is 0 Å². The molecule has 1 radical (unpaired) electrons. The van der Waals surface area contributed by atoms with Gasteiger partial charge in [0.15, 0.2) is 0 Å². The van der Waals surface area contributed by atoms with E-state index in [2.05, 4.69) is 16.1 Å². The van der Waals surface area contributed by atoms with Crippen molar-refractivity contribution in [2.75, 3.05) is 0 Å². The third-order valence-corrected chi connectivity index (χ3v) is 2.52. The quantitative estimate of drug-likeness (QED) is 0.646. The number of hydrogen-bond acceptors (Lipinski definition) is 2. The third-order valence-electron chi connectivity index (χ3n) is 2.52. The Hall–Kier alpha value is -2.16. The lowest BCUT2D eigenvalue weighted by Gasteiger charge is -2.02. The Balaban J connectivity index is 2.01. The zero-order chi connectivity index (χ0) is 10.8. The van der Waals surface area contributed by atoms with E-state index < -0.39 is 0 Å². The number of pyridine rings is 1. The molecule has 2 aromatic heterocycles. The molecular formula is C13H10N3. The molecule has 3 nitrogen and oxygen atoms in total. The Morgan fingerprint density at radius 3 is 3.12 bits per heavy atom. The van der Waals surface area contributed by atoms with Gasteiger partial charge in [-0.05, 0) is 30.3 Å². The fourth-order valence-electron chi connectivity index (χ4n) is 1.74. The predicted octanol–water partition coefficient (Wildman–Crippen LogP) is 2.28. The monoisotopic (exact) mass is 208 g/mol. The van der Waals surface area contributed by atoms with Crippen LogP contribution in [0.25, 0.3) is 10.9 Å². The molecule has 77 valence electrons. The molecule has 0 unspecified atom stereocenters. The molecule has 0 N–H and O–H groups in total. The molecule has 0 aliphatic rings. The second kappa shape index (κ2) is 3.77. The van der Waals surface area contributed by atoms with E-state index in [1.54, 1.807) is 6.20 Å². The first-order chi connectivity index (χ1) is 7.93. The van der Waals surface area contributed by atoms with Gasteiger partial charge in [-0.15, -0.1) is 0 Å². The van der Waals surface area contributed by atoms with Crippen molar-refractivity contribution in [3.05, 3.63) is 60.6 Å². The average molecular weight is 208 g/mol. The standard InChI is InChI=1S/C13H10N3/c1-2-7-13-11(5-1)9-15-16(13)10-12-6-3-4-8-14-12/h2-9H,10H2. The summed E-state index contributed by atoms with van der Waals surface area (Å²) in [5.41, 5.74) is 2.13. The van der Waals surface area contributed by atoms with Crippen molar-refractivity contribution >= 4 is 10.9 Å². The maximum Gasteiger partial charge on any atom is 0.0838 e. The first-order valence-electron chi connectivity index (χ1n) is 5.15.